The first kappa shape index (κ1) is 24.5. The fourth-order valence-corrected chi connectivity index (χ4v) is 6.61. The molecular formula is C25H32N2O7. The molecule has 0 radical (unpaired) electrons. The van der Waals surface area contributed by atoms with E-state index < -0.39 is 64.7 Å². The highest BCUT2D eigenvalue weighted by molar-refractivity contribution is 6.25. The van der Waals surface area contributed by atoms with Crippen LogP contribution in [0.1, 0.15) is 46.8 Å². The zero-order chi connectivity index (χ0) is 25.3. The molecule has 0 aliphatic heterocycles. The predicted molar refractivity (Wildman–Crippen MR) is 121 cm³/mol. The molecule has 0 heterocycles. The third-order valence-corrected chi connectivity index (χ3v) is 8.11. The van der Waals surface area contributed by atoms with Gasteiger partial charge in [-0.15, -0.1) is 0 Å². The number of hydrogen-bond donors (Lipinski definition) is 4. The number of hydrogen-bond acceptors (Lipinski definition) is 8. The van der Waals surface area contributed by atoms with Gasteiger partial charge in [0, 0.05) is 12.0 Å². The molecule has 1 amide bonds. The van der Waals surface area contributed by atoms with Gasteiger partial charge >= 0.3 is 0 Å². The molecule has 34 heavy (non-hydrogen) atoms. The number of ketones is 3. The van der Waals surface area contributed by atoms with Gasteiger partial charge in [0.1, 0.15) is 11.7 Å². The van der Waals surface area contributed by atoms with Crippen LogP contribution in [0.4, 0.5) is 0 Å². The Morgan fingerprint density at radius 2 is 1.88 bits per heavy atom. The van der Waals surface area contributed by atoms with E-state index in [-0.39, 0.29) is 17.7 Å². The zero-order valence-electron chi connectivity index (χ0n) is 19.9. The smallest absolute Gasteiger partial charge is 0.230 e. The van der Waals surface area contributed by atoms with E-state index in [9.17, 15) is 34.5 Å². The minimum absolute atomic E-state index is 0.0824. The lowest BCUT2D eigenvalue weighted by Crippen LogP contribution is -2.75. The topological polar surface area (TPSA) is 158 Å². The summed E-state index contributed by atoms with van der Waals surface area (Å²) in [4.78, 5) is 54.3. The molecular weight excluding hydrogens is 440 g/mol. The summed E-state index contributed by atoms with van der Waals surface area (Å²) in [5.74, 6) is -8.66. The summed E-state index contributed by atoms with van der Waals surface area (Å²) in [6, 6.07) is 0.961. The molecule has 4 rings (SSSR count). The summed E-state index contributed by atoms with van der Waals surface area (Å²) in [5.41, 5.74) is 4.95. The normalized spacial score (nSPS) is 35.1. The fraction of sp³-hybridized carbons (Fsp3) is 0.600. The first-order valence-electron chi connectivity index (χ1n) is 11.7. The Balaban J connectivity index is 1.86. The number of carbonyl (C=O) groups is 4. The number of benzene rings is 1. The summed E-state index contributed by atoms with van der Waals surface area (Å²) in [6.45, 7) is 3.81. The summed E-state index contributed by atoms with van der Waals surface area (Å²) in [7, 11) is 3.25. The van der Waals surface area contributed by atoms with Crippen molar-refractivity contribution in [3.8, 4) is 5.75 Å². The lowest BCUT2D eigenvalue weighted by molar-refractivity contribution is -0.190. The molecule has 0 spiro atoms. The molecule has 2 saturated carbocycles. The second-order valence-corrected chi connectivity index (χ2v) is 10.3. The van der Waals surface area contributed by atoms with Gasteiger partial charge in [-0.1, -0.05) is 19.4 Å². The van der Waals surface area contributed by atoms with Crippen molar-refractivity contribution in [3.05, 3.63) is 28.3 Å². The number of nitrogens with two attached hydrogens (primary N) is 1. The lowest BCUT2D eigenvalue weighted by atomic mass is 9.52. The first-order chi connectivity index (χ1) is 15.9. The molecule has 5 N–H and O–H groups in total. The molecule has 0 bridgehead atoms. The number of amides is 1. The highest BCUT2D eigenvalue weighted by Gasteiger charge is 2.69. The SMILES string of the molecule is CCCc1cc(C)c2c(c1O)C(=O)C1C(=O)C3(O)C(=O)C(C(N)=O)C(O)C(N(C)C)C3CC1C2. The molecule has 9 nitrogen and oxygen atoms in total. The van der Waals surface area contributed by atoms with Gasteiger partial charge in [-0.05, 0) is 62.9 Å². The summed E-state index contributed by atoms with van der Waals surface area (Å²) in [6.07, 6.45) is 0.251. The number of nitrogens with zero attached hydrogens (tertiary/aromatic N) is 1. The van der Waals surface area contributed by atoms with Gasteiger partial charge in [-0.2, -0.15) is 0 Å². The Hall–Kier alpha value is -2.62. The van der Waals surface area contributed by atoms with Crippen LogP contribution in [0.15, 0.2) is 6.07 Å². The number of likely N-dealkylation sites (N-methyl/N-ethyl adjacent to an activating group) is 1. The van der Waals surface area contributed by atoms with Crippen molar-refractivity contribution in [2.45, 2.75) is 57.3 Å². The maximum absolute atomic E-state index is 13.8. The Labute approximate surface area is 197 Å². The molecule has 7 unspecified atom stereocenters. The van der Waals surface area contributed by atoms with Gasteiger partial charge in [0.25, 0.3) is 0 Å². The molecule has 2 fully saturated rings. The van der Waals surface area contributed by atoms with E-state index in [2.05, 4.69) is 0 Å². The summed E-state index contributed by atoms with van der Waals surface area (Å²) < 4.78 is 0. The molecule has 1 aromatic rings. The van der Waals surface area contributed by atoms with Gasteiger partial charge < -0.3 is 26.0 Å². The van der Waals surface area contributed by atoms with Crippen LogP contribution in [0.5, 0.6) is 5.75 Å². The fourth-order valence-electron chi connectivity index (χ4n) is 6.61. The number of fused-ring (bicyclic) bond motifs is 3. The van der Waals surface area contributed by atoms with Crippen molar-refractivity contribution in [2.24, 2.45) is 29.4 Å². The summed E-state index contributed by atoms with van der Waals surface area (Å²) >= 11 is 0. The van der Waals surface area contributed by atoms with Crippen molar-refractivity contribution in [3.63, 3.8) is 0 Å². The number of aromatic hydroxyl groups is 1. The maximum atomic E-state index is 13.8. The molecule has 1 aromatic carbocycles. The van der Waals surface area contributed by atoms with Gasteiger partial charge in [-0.25, -0.2) is 0 Å². The second kappa shape index (κ2) is 8.25. The van der Waals surface area contributed by atoms with E-state index >= 15 is 0 Å². The number of phenols is 1. The average Bonchev–Trinajstić information content (AvgIpc) is 2.74. The van der Waals surface area contributed by atoms with Crippen molar-refractivity contribution >= 4 is 23.3 Å². The molecule has 0 aromatic heterocycles. The van der Waals surface area contributed by atoms with Crippen LogP contribution in [-0.2, 0) is 27.2 Å². The van der Waals surface area contributed by atoms with E-state index in [0.717, 1.165) is 12.0 Å². The minimum Gasteiger partial charge on any atom is -0.507 e. The minimum atomic E-state index is -2.63. The first-order valence-corrected chi connectivity index (χ1v) is 11.7. The third-order valence-electron chi connectivity index (χ3n) is 8.11. The van der Waals surface area contributed by atoms with Gasteiger partial charge in [0.15, 0.2) is 23.0 Å². The molecule has 3 aliphatic carbocycles. The Morgan fingerprint density at radius 1 is 1.24 bits per heavy atom. The van der Waals surface area contributed by atoms with E-state index in [4.69, 9.17) is 5.73 Å². The number of Topliss-reactive ketones (excluding diaryl/α,β-unsaturated/α-hetero) is 3. The number of aryl methyl sites for hydroxylation is 2. The lowest BCUT2D eigenvalue weighted by Gasteiger charge is -2.54. The van der Waals surface area contributed by atoms with Crippen molar-refractivity contribution in [1.29, 1.82) is 0 Å². The largest absolute Gasteiger partial charge is 0.507 e. The Kier molecular flexibility index (Phi) is 5.95. The standard InChI is InChI=1S/C25H32N2O7/c1-5-6-11-7-10(2)13-8-12-9-14-18(27(3)4)21(30)17(24(26)33)23(32)25(14,34)22(31)15(12)20(29)16(13)19(11)28/h7,12,14-15,17-18,21,28,30,34H,5-6,8-9H2,1-4H3,(H2,26,33). The van der Waals surface area contributed by atoms with Crippen LogP contribution in [0.3, 0.4) is 0 Å². The van der Waals surface area contributed by atoms with Gasteiger partial charge in [-0.3, -0.25) is 19.2 Å². The van der Waals surface area contributed by atoms with E-state index in [0.29, 0.717) is 24.0 Å². The predicted octanol–water partition coefficient (Wildman–Crippen LogP) is -0.0803. The van der Waals surface area contributed by atoms with Crippen LogP contribution < -0.4 is 5.73 Å². The molecule has 3 aliphatic rings. The molecule has 184 valence electrons. The maximum Gasteiger partial charge on any atom is 0.230 e. The highest BCUT2D eigenvalue weighted by Crippen LogP contribution is 2.52. The quantitative estimate of drug-likeness (QED) is 0.443. The van der Waals surface area contributed by atoms with Crippen molar-refractivity contribution in [1.82, 2.24) is 4.90 Å². The van der Waals surface area contributed by atoms with Crippen molar-refractivity contribution < 1.29 is 34.5 Å². The Bertz CT molecular complexity index is 1100. The summed E-state index contributed by atoms with van der Waals surface area (Å²) in [5, 5.41) is 33.3. The van der Waals surface area contributed by atoms with Gasteiger partial charge in [0.05, 0.1) is 17.6 Å². The van der Waals surface area contributed by atoms with E-state index in [1.807, 2.05) is 19.9 Å². The van der Waals surface area contributed by atoms with Crippen molar-refractivity contribution in [2.75, 3.05) is 14.1 Å². The van der Waals surface area contributed by atoms with E-state index in [1.165, 1.54) is 0 Å². The number of aliphatic hydroxyl groups is 2. The Morgan fingerprint density at radius 3 is 2.44 bits per heavy atom. The number of phenolic OH excluding ortho intramolecular Hbond substituents is 1. The molecule has 9 heteroatoms. The molecule has 7 atom stereocenters. The second-order valence-electron chi connectivity index (χ2n) is 10.3. The van der Waals surface area contributed by atoms with Crippen LogP contribution >= 0.6 is 0 Å². The number of aliphatic hydroxyl groups excluding tert-OH is 1. The number of carbonyl (C=O) groups excluding carboxylic acids is 4. The highest BCUT2D eigenvalue weighted by atomic mass is 16.3. The van der Waals surface area contributed by atoms with Crippen LogP contribution in [0.2, 0.25) is 0 Å². The van der Waals surface area contributed by atoms with Crippen LogP contribution in [0, 0.1) is 30.6 Å². The van der Waals surface area contributed by atoms with E-state index in [1.54, 1.807) is 19.0 Å². The third kappa shape index (κ3) is 3.17. The number of rotatable bonds is 4. The van der Waals surface area contributed by atoms with Gasteiger partial charge in [0.2, 0.25) is 5.91 Å². The molecule has 0 saturated heterocycles. The number of primary amides is 1. The van der Waals surface area contributed by atoms with Crippen LogP contribution in [-0.4, -0.2) is 75.3 Å². The van der Waals surface area contributed by atoms with Crippen LogP contribution in [0.25, 0.3) is 0 Å². The average molecular weight is 473 g/mol. The monoisotopic (exact) mass is 472 g/mol. The zero-order valence-corrected chi connectivity index (χ0v) is 19.9.